The Morgan fingerprint density at radius 3 is 2.74 bits per heavy atom. The van der Waals surface area contributed by atoms with Crippen LogP contribution in [0, 0.1) is 0 Å². The molecule has 0 saturated carbocycles. The van der Waals surface area contributed by atoms with Crippen molar-refractivity contribution in [2.45, 2.75) is 12.3 Å². The van der Waals surface area contributed by atoms with Gasteiger partial charge in [0.1, 0.15) is 0 Å². The van der Waals surface area contributed by atoms with Crippen LogP contribution < -0.4 is 11.1 Å². The normalized spacial score (nSPS) is 17.5. The van der Waals surface area contributed by atoms with Crippen LogP contribution in [0.5, 0.6) is 0 Å². The molecule has 2 amide bonds. The molecule has 1 aliphatic heterocycles. The molecular weight excluding hydrogens is 242 g/mol. The highest BCUT2D eigenvalue weighted by Crippen LogP contribution is 2.17. The molecule has 0 radical (unpaired) electrons. The zero-order chi connectivity index (χ0) is 13.7. The molecule has 0 spiro atoms. The van der Waals surface area contributed by atoms with E-state index in [9.17, 15) is 9.59 Å². The second-order valence-corrected chi connectivity index (χ2v) is 4.62. The summed E-state index contributed by atoms with van der Waals surface area (Å²) >= 11 is 0. The molecule has 5 nitrogen and oxygen atoms in total. The van der Waals surface area contributed by atoms with Crippen molar-refractivity contribution >= 4 is 11.8 Å². The number of benzene rings is 1. The molecule has 0 bridgehead atoms. The molecule has 1 aliphatic rings. The molecule has 102 valence electrons. The summed E-state index contributed by atoms with van der Waals surface area (Å²) in [6.07, 6.45) is 0.359. The third-order valence-electron chi connectivity index (χ3n) is 3.36. The first-order valence-corrected chi connectivity index (χ1v) is 6.53. The van der Waals surface area contributed by atoms with Crippen LogP contribution in [-0.2, 0) is 9.59 Å². The largest absolute Gasteiger partial charge is 0.354 e. The first kappa shape index (κ1) is 13.5. The van der Waals surface area contributed by atoms with E-state index in [1.54, 1.807) is 4.90 Å². The number of hydrogen-bond acceptors (Lipinski definition) is 3. The predicted molar refractivity (Wildman–Crippen MR) is 72.4 cm³/mol. The van der Waals surface area contributed by atoms with Crippen LogP contribution in [0.1, 0.15) is 17.9 Å². The van der Waals surface area contributed by atoms with Crippen LogP contribution in [0.15, 0.2) is 30.3 Å². The number of hydrogen-bond donors (Lipinski definition) is 2. The van der Waals surface area contributed by atoms with Gasteiger partial charge in [0.15, 0.2) is 0 Å². The number of rotatable bonds is 3. The van der Waals surface area contributed by atoms with E-state index in [4.69, 9.17) is 5.73 Å². The lowest BCUT2D eigenvalue weighted by molar-refractivity contribution is -0.132. The van der Waals surface area contributed by atoms with E-state index >= 15 is 0 Å². The van der Waals surface area contributed by atoms with Gasteiger partial charge in [-0.1, -0.05) is 30.3 Å². The summed E-state index contributed by atoms with van der Waals surface area (Å²) in [6.45, 7) is 1.80. The minimum atomic E-state index is -0.325. The van der Waals surface area contributed by atoms with Gasteiger partial charge < -0.3 is 16.0 Å². The fraction of sp³-hybridized carbons (Fsp3) is 0.429. The first-order valence-electron chi connectivity index (χ1n) is 6.53. The molecule has 0 aromatic heterocycles. The van der Waals surface area contributed by atoms with Crippen LogP contribution in [0.2, 0.25) is 0 Å². The van der Waals surface area contributed by atoms with E-state index in [0.717, 1.165) is 5.56 Å². The molecule has 1 atom stereocenters. The number of nitrogens with zero attached hydrogens (tertiary/aromatic N) is 1. The topological polar surface area (TPSA) is 75.4 Å². The van der Waals surface area contributed by atoms with Gasteiger partial charge in [0.25, 0.3) is 0 Å². The summed E-state index contributed by atoms with van der Waals surface area (Å²) in [7, 11) is 0. The van der Waals surface area contributed by atoms with Crippen LogP contribution in [0.3, 0.4) is 0 Å². The Labute approximate surface area is 112 Å². The van der Waals surface area contributed by atoms with Gasteiger partial charge in [-0.2, -0.15) is 0 Å². The number of amides is 2. The van der Waals surface area contributed by atoms with Gasteiger partial charge in [-0.05, 0) is 5.56 Å². The summed E-state index contributed by atoms with van der Waals surface area (Å²) in [6, 6.07) is 9.54. The predicted octanol–water partition coefficient (Wildman–Crippen LogP) is 0.0774. The van der Waals surface area contributed by atoms with Gasteiger partial charge >= 0.3 is 0 Å². The third kappa shape index (κ3) is 3.32. The van der Waals surface area contributed by atoms with Crippen molar-refractivity contribution in [3.8, 4) is 0 Å². The van der Waals surface area contributed by atoms with Gasteiger partial charge in [0.05, 0.1) is 5.92 Å². The van der Waals surface area contributed by atoms with Crippen molar-refractivity contribution < 1.29 is 9.59 Å². The van der Waals surface area contributed by atoms with Crippen molar-refractivity contribution in [1.82, 2.24) is 10.2 Å². The number of nitrogens with one attached hydrogen (secondary N) is 1. The zero-order valence-electron chi connectivity index (χ0n) is 10.8. The molecule has 3 N–H and O–H groups in total. The van der Waals surface area contributed by atoms with E-state index in [2.05, 4.69) is 5.32 Å². The number of carbonyl (C=O) groups is 2. The highest BCUT2D eigenvalue weighted by Gasteiger charge is 2.26. The highest BCUT2D eigenvalue weighted by molar-refractivity contribution is 5.85. The lowest BCUT2D eigenvalue weighted by atomic mass is 9.97. The van der Waals surface area contributed by atoms with Crippen LogP contribution in [-0.4, -0.2) is 42.9 Å². The molecule has 1 unspecified atom stereocenters. The molecule has 1 aromatic rings. The van der Waals surface area contributed by atoms with Crippen molar-refractivity contribution in [1.29, 1.82) is 0 Å². The monoisotopic (exact) mass is 261 g/mol. The van der Waals surface area contributed by atoms with Gasteiger partial charge in [-0.15, -0.1) is 0 Å². The maximum absolute atomic E-state index is 12.5. The fourth-order valence-electron chi connectivity index (χ4n) is 2.27. The summed E-state index contributed by atoms with van der Waals surface area (Å²) in [5.41, 5.74) is 6.68. The fourth-order valence-corrected chi connectivity index (χ4v) is 2.27. The van der Waals surface area contributed by atoms with Gasteiger partial charge in [-0.3, -0.25) is 9.59 Å². The van der Waals surface area contributed by atoms with E-state index in [-0.39, 0.29) is 24.3 Å². The molecule has 2 rings (SSSR count). The van der Waals surface area contributed by atoms with Gasteiger partial charge in [-0.25, -0.2) is 0 Å². The van der Waals surface area contributed by atoms with E-state index in [0.29, 0.717) is 26.1 Å². The molecule has 19 heavy (non-hydrogen) atoms. The minimum absolute atomic E-state index is 0.000639. The van der Waals surface area contributed by atoms with Gasteiger partial charge in [0, 0.05) is 32.6 Å². The molecule has 1 fully saturated rings. The SMILES string of the molecule is NCC(C(=O)N1CCNC(=O)CC1)c1ccccc1. The molecule has 1 heterocycles. The first-order chi connectivity index (χ1) is 9.22. The second-order valence-electron chi connectivity index (χ2n) is 4.62. The Morgan fingerprint density at radius 1 is 1.32 bits per heavy atom. The molecule has 1 aromatic carbocycles. The summed E-state index contributed by atoms with van der Waals surface area (Å²) in [5.74, 6) is -0.320. The Hall–Kier alpha value is -1.88. The average molecular weight is 261 g/mol. The van der Waals surface area contributed by atoms with E-state index in [1.165, 1.54) is 0 Å². The molecular formula is C14H19N3O2. The molecule has 5 heteroatoms. The molecule has 0 aliphatic carbocycles. The van der Waals surface area contributed by atoms with E-state index < -0.39 is 0 Å². The Bertz CT molecular complexity index is 447. The average Bonchev–Trinajstić information content (AvgIpc) is 2.65. The minimum Gasteiger partial charge on any atom is -0.354 e. The standard InChI is InChI=1S/C14H19N3O2/c15-10-12(11-4-2-1-3-5-11)14(19)17-8-6-13(18)16-7-9-17/h1-5,12H,6-10,15H2,(H,16,18). The maximum atomic E-state index is 12.5. The Balaban J connectivity index is 2.10. The second kappa shape index (κ2) is 6.33. The summed E-state index contributed by atoms with van der Waals surface area (Å²) in [4.78, 5) is 25.5. The van der Waals surface area contributed by atoms with Gasteiger partial charge in [0.2, 0.25) is 11.8 Å². The van der Waals surface area contributed by atoms with Crippen molar-refractivity contribution in [2.75, 3.05) is 26.2 Å². The van der Waals surface area contributed by atoms with E-state index in [1.807, 2.05) is 30.3 Å². The van der Waals surface area contributed by atoms with Crippen LogP contribution in [0.4, 0.5) is 0 Å². The maximum Gasteiger partial charge on any atom is 0.231 e. The Kier molecular flexibility index (Phi) is 4.52. The zero-order valence-corrected chi connectivity index (χ0v) is 10.8. The Morgan fingerprint density at radius 2 is 2.05 bits per heavy atom. The highest BCUT2D eigenvalue weighted by atomic mass is 16.2. The summed E-state index contributed by atoms with van der Waals surface area (Å²) < 4.78 is 0. The van der Waals surface area contributed by atoms with Crippen LogP contribution in [0.25, 0.3) is 0 Å². The quantitative estimate of drug-likeness (QED) is 0.809. The number of nitrogens with two attached hydrogens (primary N) is 1. The lowest BCUT2D eigenvalue weighted by Crippen LogP contribution is -2.39. The lowest BCUT2D eigenvalue weighted by Gasteiger charge is -2.25. The third-order valence-corrected chi connectivity index (χ3v) is 3.36. The van der Waals surface area contributed by atoms with Crippen molar-refractivity contribution in [3.63, 3.8) is 0 Å². The smallest absolute Gasteiger partial charge is 0.231 e. The van der Waals surface area contributed by atoms with Crippen molar-refractivity contribution in [3.05, 3.63) is 35.9 Å². The number of carbonyl (C=O) groups excluding carboxylic acids is 2. The summed E-state index contributed by atoms with van der Waals surface area (Å²) in [5, 5.41) is 2.76. The van der Waals surface area contributed by atoms with Crippen LogP contribution >= 0.6 is 0 Å². The molecule has 1 saturated heterocycles. The van der Waals surface area contributed by atoms with Crippen molar-refractivity contribution in [2.24, 2.45) is 5.73 Å².